The Morgan fingerprint density at radius 1 is 1.19 bits per heavy atom. The van der Waals surface area contributed by atoms with Gasteiger partial charge in [-0.15, -0.1) is 0 Å². The van der Waals surface area contributed by atoms with Gasteiger partial charge in [0.2, 0.25) is 0 Å². The Kier molecular flexibility index (Phi) is 7.65. The van der Waals surface area contributed by atoms with E-state index in [0.717, 1.165) is 56.7 Å². The topological polar surface area (TPSA) is 75.7 Å². The Balaban J connectivity index is 1.19. The number of nitrogens with zero attached hydrogens (tertiary/aromatic N) is 2. The number of likely N-dealkylation sites (tertiary alicyclic amines) is 1. The molecule has 2 fully saturated rings. The average molecular weight is 423 g/mol. The van der Waals surface area contributed by atoms with Crippen molar-refractivity contribution in [2.24, 2.45) is 0 Å². The lowest BCUT2D eigenvalue weighted by Gasteiger charge is -2.21. The van der Waals surface area contributed by atoms with Crippen LogP contribution in [0.25, 0.3) is 6.08 Å². The molecule has 0 radical (unpaired) electrons. The molecule has 1 aromatic carbocycles. The monoisotopic (exact) mass is 422 g/mol. The molecule has 0 saturated carbocycles. The minimum absolute atomic E-state index is 0.319. The standard InChI is InChI=1S/C24H30N4O3/c29-23(27-31-24-8-4-5-15-30-24)12-10-19-9-11-22(25-16-19)26-21-13-14-28(18-21)17-20-6-2-1-3-7-20/h1-3,6-7,9-12,16,21,24H,4-5,8,13-15,17-18H2,(H,25,26)(H,27,29)/b12-10+/t21-,24?/m1/s1. The van der Waals surface area contributed by atoms with Crippen LogP contribution in [0, 0.1) is 0 Å². The molecule has 2 aliphatic rings. The average Bonchev–Trinajstić information content (AvgIpc) is 3.25. The number of hydrogen-bond donors (Lipinski definition) is 2. The molecular formula is C24H30N4O3. The molecular weight excluding hydrogens is 392 g/mol. The molecule has 0 spiro atoms. The van der Waals surface area contributed by atoms with Crippen LogP contribution in [0.2, 0.25) is 0 Å². The van der Waals surface area contributed by atoms with Crippen LogP contribution in [-0.2, 0) is 20.9 Å². The van der Waals surface area contributed by atoms with Crippen molar-refractivity contribution in [3.63, 3.8) is 0 Å². The van der Waals surface area contributed by atoms with Gasteiger partial charge in [-0.1, -0.05) is 30.3 Å². The van der Waals surface area contributed by atoms with Crippen molar-refractivity contribution in [3.05, 3.63) is 65.9 Å². The van der Waals surface area contributed by atoms with Gasteiger partial charge in [0.05, 0.1) is 0 Å². The van der Waals surface area contributed by atoms with Gasteiger partial charge < -0.3 is 10.1 Å². The van der Waals surface area contributed by atoms with Gasteiger partial charge in [-0.25, -0.2) is 15.3 Å². The first-order chi connectivity index (χ1) is 15.2. The highest BCUT2D eigenvalue weighted by molar-refractivity contribution is 5.90. The summed E-state index contributed by atoms with van der Waals surface area (Å²) in [5.74, 6) is 0.534. The maximum Gasteiger partial charge on any atom is 0.267 e. The van der Waals surface area contributed by atoms with E-state index in [9.17, 15) is 4.79 Å². The third-order valence-corrected chi connectivity index (χ3v) is 5.52. The van der Waals surface area contributed by atoms with Crippen LogP contribution in [-0.4, -0.2) is 47.8 Å². The summed E-state index contributed by atoms with van der Waals surface area (Å²) in [6.07, 6.45) is 8.55. The van der Waals surface area contributed by atoms with E-state index in [1.165, 1.54) is 11.6 Å². The summed E-state index contributed by atoms with van der Waals surface area (Å²) in [6, 6.07) is 14.9. The number of aromatic nitrogens is 1. The third-order valence-electron chi connectivity index (χ3n) is 5.52. The minimum Gasteiger partial charge on any atom is -0.366 e. The molecule has 164 valence electrons. The fourth-order valence-corrected chi connectivity index (χ4v) is 3.87. The van der Waals surface area contributed by atoms with Crippen molar-refractivity contribution in [3.8, 4) is 0 Å². The van der Waals surface area contributed by atoms with Gasteiger partial charge in [-0.2, -0.15) is 0 Å². The second kappa shape index (κ2) is 11.0. The molecule has 1 aromatic heterocycles. The van der Waals surface area contributed by atoms with Crippen molar-refractivity contribution in [1.29, 1.82) is 0 Å². The van der Waals surface area contributed by atoms with Crippen molar-refractivity contribution >= 4 is 17.8 Å². The summed E-state index contributed by atoms with van der Waals surface area (Å²) in [6.45, 7) is 3.74. The summed E-state index contributed by atoms with van der Waals surface area (Å²) in [5, 5.41) is 3.52. The predicted molar refractivity (Wildman–Crippen MR) is 120 cm³/mol. The largest absolute Gasteiger partial charge is 0.366 e. The Morgan fingerprint density at radius 3 is 2.87 bits per heavy atom. The Bertz CT molecular complexity index is 851. The molecule has 4 rings (SSSR count). The lowest BCUT2D eigenvalue weighted by molar-refractivity contribution is -0.198. The molecule has 7 heteroatoms. The van der Waals surface area contributed by atoms with E-state index in [0.29, 0.717) is 12.6 Å². The van der Waals surface area contributed by atoms with Gasteiger partial charge >= 0.3 is 0 Å². The van der Waals surface area contributed by atoms with Gasteiger partial charge in [-0.3, -0.25) is 9.69 Å². The minimum atomic E-state index is -0.350. The number of hydrogen-bond acceptors (Lipinski definition) is 6. The van der Waals surface area contributed by atoms with Crippen molar-refractivity contribution in [2.75, 3.05) is 25.0 Å². The number of rotatable bonds is 8. The molecule has 2 aliphatic heterocycles. The van der Waals surface area contributed by atoms with E-state index >= 15 is 0 Å². The Labute approximate surface area is 183 Å². The highest BCUT2D eigenvalue weighted by Gasteiger charge is 2.22. The fraction of sp³-hybridized carbons (Fsp3) is 0.417. The third kappa shape index (κ3) is 6.89. The molecule has 1 amide bonds. The fourth-order valence-electron chi connectivity index (χ4n) is 3.87. The van der Waals surface area contributed by atoms with E-state index in [1.54, 1.807) is 12.3 Å². The molecule has 31 heavy (non-hydrogen) atoms. The quantitative estimate of drug-likeness (QED) is 0.502. The van der Waals surface area contributed by atoms with E-state index in [1.807, 2.05) is 12.1 Å². The molecule has 2 atom stereocenters. The summed E-state index contributed by atoms with van der Waals surface area (Å²) >= 11 is 0. The molecule has 3 heterocycles. The van der Waals surface area contributed by atoms with E-state index in [-0.39, 0.29) is 12.2 Å². The zero-order chi connectivity index (χ0) is 21.3. The van der Waals surface area contributed by atoms with Gasteiger partial charge in [0.15, 0.2) is 6.29 Å². The highest BCUT2D eigenvalue weighted by atomic mass is 16.8. The number of pyridine rings is 1. The Hall–Kier alpha value is -2.74. The predicted octanol–water partition coefficient (Wildman–Crippen LogP) is 3.36. The summed E-state index contributed by atoms with van der Waals surface area (Å²) in [4.78, 5) is 24.1. The van der Waals surface area contributed by atoms with Crippen LogP contribution in [0.5, 0.6) is 0 Å². The van der Waals surface area contributed by atoms with Crippen LogP contribution in [0.1, 0.15) is 36.8 Å². The number of ether oxygens (including phenoxy) is 1. The normalized spacial score (nSPS) is 21.9. The Morgan fingerprint density at radius 2 is 2.10 bits per heavy atom. The molecule has 0 aliphatic carbocycles. The van der Waals surface area contributed by atoms with E-state index in [4.69, 9.17) is 9.57 Å². The van der Waals surface area contributed by atoms with E-state index < -0.39 is 0 Å². The maximum absolute atomic E-state index is 11.9. The summed E-state index contributed by atoms with van der Waals surface area (Å²) in [7, 11) is 0. The van der Waals surface area contributed by atoms with Gasteiger partial charge in [-0.05, 0) is 48.6 Å². The van der Waals surface area contributed by atoms with Crippen LogP contribution >= 0.6 is 0 Å². The number of anilines is 1. The van der Waals surface area contributed by atoms with Crippen LogP contribution < -0.4 is 10.8 Å². The molecule has 2 saturated heterocycles. The van der Waals surface area contributed by atoms with Gasteiger partial charge in [0.25, 0.3) is 5.91 Å². The molecule has 1 unspecified atom stereocenters. The maximum atomic E-state index is 11.9. The summed E-state index contributed by atoms with van der Waals surface area (Å²) < 4.78 is 5.41. The second-order valence-corrected chi connectivity index (χ2v) is 8.04. The SMILES string of the molecule is O=C(/C=C/c1ccc(N[C@@H]2CCN(Cc3ccccc3)C2)nc1)NOC1CCCCO1. The summed E-state index contributed by atoms with van der Waals surface area (Å²) in [5.41, 5.74) is 4.61. The second-order valence-electron chi connectivity index (χ2n) is 8.04. The zero-order valence-electron chi connectivity index (χ0n) is 17.7. The number of carbonyl (C=O) groups is 1. The lowest BCUT2D eigenvalue weighted by Crippen LogP contribution is -2.32. The molecule has 7 nitrogen and oxygen atoms in total. The number of amides is 1. The number of hydroxylamine groups is 1. The van der Waals surface area contributed by atoms with Crippen LogP contribution in [0.3, 0.4) is 0 Å². The van der Waals surface area contributed by atoms with E-state index in [2.05, 4.69) is 51.0 Å². The number of carbonyl (C=O) groups excluding carboxylic acids is 1. The zero-order valence-corrected chi connectivity index (χ0v) is 17.7. The number of nitrogens with one attached hydrogen (secondary N) is 2. The van der Waals surface area contributed by atoms with Crippen molar-refractivity contribution in [2.45, 2.75) is 44.6 Å². The number of benzene rings is 1. The molecule has 2 N–H and O–H groups in total. The van der Waals surface area contributed by atoms with Crippen molar-refractivity contribution in [1.82, 2.24) is 15.4 Å². The van der Waals surface area contributed by atoms with Crippen molar-refractivity contribution < 1.29 is 14.4 Å². The highest BCUT2D eigenvalue weighted by Crippen LogP contribution is 2.17. The first kappa shape index (κ1) is 21.5. The van der Waals surface area contributed by atoms with Gasteiger partial charge in [0, 0.05) is 51.0 Å². The molecule has 2 aromatic rings. The van der Waals surface area contributed by atoms with Crippen LogP contribution in [0.4, 0.5) is 5.82 Å². The first-order valence-electron chi connectivity index (χ1n) is 11.0. The van der Waals surface area contributed by atoms with Crippen LogP contribution in [0.15, 0.2) is 54.7 Å². The first-order valence-corrected chi connectivity index (χ1v) is 11.0. The smallest absolute Gasteiger partial charge is 0.267 e. The lowest BCUT2D eigenvalue weighted by atomic mass is 10.2. The molecule has 0 bridgehead atoms. The van der Waals surface area contributed by atoms with Gasteiger partial charge in [0.1, 0.15) is 5.82 Å².